The van der Waals surface area contributed by atoms with Crippen LogP contribution in [-0.2, 0) is 6.54 Å². The summed E-state index contributed by atoms with van der Waals surface area (Å²) in [7, 11) is 0. The zero-order valence-electron chi connectivity index (χ0n) is 9.50. The molecule has 0 heterocycles. The lowest BCUT2D eigenvalue weighted by atomic mass is 9.98. The Balaban J connectivity index is 2.52. The molecule has 0 saturated carbocycles. The molecule has 0 aliphatic heterocycles. The maximum Gasteiger partial charge on any atom is 0.125 e. The van der Waals surface area contributed by atoms with Crippen LogP contribution in [0, 0.1) is 12.7 Å². The Hall–Kier alpha value is -1.38. The van der Waals surface area contributed by atoms with Gasteiger partial charge in [0, 0.05) is 11.6 Å². The lowest BCUT2D eigenvalue weighted by Crippen LogP contribution is -1.97. The fraction of sp³-hybridized carbons (Fsp3) is 0.143. The Morgan fingerprint density at radius 3 is 2.53 bits per heavy atom. The molecule has 0 aromatic heterocycles. The highest BCUT2D eigenvalue weighted by Gasteiger charge is 2.05. The summed E-state index contributed by atoms with van der Waals surface area (Å²) in [6.07, 6.45) is 0. The van der Waals surface area contributed by atoms with E-state index in [4.69, 9.17) is 17.3 Å². The Morgan fingerprint density at radius 2 is 1.94 bits per heavy atom. The predicted octanol–water partition coefficient (Wildman–Crippen LogP) is 3.91. The molecule has 2 N–H and O–H groups in total. The van der Waals surface area contributed by atoms with Crippen molar-refractivity contribution in [3.63, 3.8) is 0 Å². The number of halogens is 2. The second-order valence-electron chi connectivity index (χ2n) is 4.01. The molecule has 2 rings (SSSR count). The molecule has 0 spiro atoms. The summed E-state index contributed by atoms with van der Waals surface area (Å²) in [6.45, 7) is 2.48. The largest absolute Gasteiger partial charge is 0.326 e. The minimum absolute atomic E-state index is 0.324. The summed E-state index contributed by atoms with van der Waals surface area (Å²) in [5.41, 5.74) is 9.47. The van der Waals surface area contributed by atoms with Crippen molar-refractivity contribution in [3.8, 4) is 11.1 Å². The number of aryl methyl sites for hydroxylation is 1. The van der Waals surface area contributed by atoms with Gasteiger partial charge in [0.2, 0.25) is 0 Å². The van der Waals surface area contributed by atoms with Crippen molar-refractivity contribution in [2.24, 2.45) is 5.73 Å². The first-order chi connectivity index (χ1) is 8.10. The zero-order valence-corrected chi connectivity index (χ0v) is 10.3. The van der Waals surface area contributed by atoms with E-state index in [1.165, 1.54) is 12.1 Å². The smallest absolute Gasteiger partial charge is 0.125 e. The van der Waals surface area contributed by atoms with Crippen LogP contribution in [0.25, 0.3) is 11.1 Å². The average molecular weight is 250 g/mol. The van der Waals surface area contributed by atoms with Crippen molar-refractivity contribution in [2.75, 3.05) is 0 Å². The van der Waals surface area contributed by atoms with Gasteiger partial charge in [-0.2, -0.15) is 0 Å². The third-order valence-electron chi connectivity index (χ3n) is 2.70. The van der Waals surface area contributed by atoms with E-state index in [0.29, 0.717) is 11.6 Å². The SMILES string of the molecule is Cc1cc(CN)ccc1-c1cc(F)cc(Cl)c1. The summed E-state index contributed by atoms with van der Waals surface area (Å²) >= 11 is 5.85. The maximum atomic E-state index is 13.3. The Morgan fingerprint density at radius 1 is 1.18 bits per heavy atom. The molecular weight excluding hydrogens is 237 g/mol. The highest BCUT2D eigenvalue weighted by molar-refractivity contribution is 6.30. The van der Waals surface area contributed by atoms with Crippen LogP contribution in [0.4, 0.5) is 4.39 Å². The topological polar surface area (TPSA) is 26.0 Å². The van der Waals surface area contributed by atoms with Gasteiger partial charge in [0.05, 0.1) is 0 Å². The molecule has 0 unspecified atom stereocenters. The molecule has 88 valence electrons. The highest BCUT2D eigenvalue weighted by Crippen LogP contribution is 2.27. The van der Waals surface area contributed by atoms with Crippen LogP contribution < -0.4 is 5.73 Å². The minimum Gasteiger partial charge on any atom is -0.326 e. The minimum atomic E-state index is -0.324. The molecule has 0 aliphatic carbocycles. The first kappa shape index (κ1) is 12.1. The van der Waals surface area contributed by atoms with Crippen LogP contribution in [0.3, 0.4) is 0 Å². The normalized spacial score (nSPS) is 10.6. The first-order valence-electron chi connectivity index (χ1n) is 5.36. The molecule has 2 aromatic rings. The van der Waals surface area contributed by atoms with Gasteiger partial charge in [-0.3, -0.25) is 0 Å². The molecular formula is C14H13ClFN. The first-order valence-corrected chi connectivity index (χ1v) is 5.74. The quantitative estimate of drug-likeness (QED) is 0.858. The van der Waals surface area contributed by atoms with Crippen molar-refractivity contribution < 1.29 is 4.39 Å². The monoisotopic (exact) mass is 249 g/mol. The second kappa shape index (κ2) is 4.86. The van der Waals surface area contributed by atoms with Gasteiger partial charge in [0.1, 0.15) is 5.82 Å². The predicted molar refractivity (Wildman–Crippen MR) is 69.5 cm³/mol. The second-order valence-corrected chi connectivity index (χ2v) is 4.45. The van der Waals surface area contributed by atoms with Crippen molar-refractivity contribution >= 4 is 11.6 Å². The fourth-order valence-electron chi connectivity index (χ4n) is 1.89. The van der Waals surface area contributed by atoms with Gasteiger partial charge in [-0.05, 0) is 47.4 Å². The van der Waals surface area contributed by atoms with E-state index in [1.54, 1.807) is 6.07 Å². The maximum absolute atomic E-state index is 13.3. The zero-order chi connectivity index (χ0) is 12.4. The Kier molecular flexibility index (Phi) is 3.46. The van der Waals surface area contributed by atoms with Crippen molar-refractivity contribution in [3.05, 3.63) is 58.4 Å². The third-order valence-corrected chi connectivity index (χ3v) is 2.92. The van der Waals surface area contributed by atoms with E-state index in [1.807, 2.05) is 25.1 Å². The van der Waals surface area contributed by atoms with E-state index < -0.39 is 0 Å². The van der Waals surface area contributed by atoms with Crippen LogP contribution in [0.5, 0.6) is 0 Å². The molecule has 0 aliphatic rings. The van der Waals surface area contributed by atoms with Crippen LogP contribution in [0.1, 0.15) is 11.1 Å². The van der Waals surface area contributed by atoms with Crippen LogP contribution in [0.2, 0.25) is 5.02 Å². The molecule has 0 bridgehead atoms. The number of benzene rings is 2. The highest BCUT2D eigenvalue weighted by atomic mass is 35.5. The van der Waals surface area contributed by atoms with Gasteiger partial charge < -0.3 is 5.73 Å². The van der Waals surface area contributed by atoms with E-state index in [0.717, 1.165) is 22.3 Å². The Labute approximate surface area is 105 Å². The van der Waals surface area contributed by atoms with Gasteiger partial charge in [0.25, 0.3) is 0 Å². The van der Waals surface area contributed by atoms with E-state index in [2.05, 4.69) is 0 Å². The van der Waals surface area contributed by atoms with Crippen LogP contribution in [-0.4, -0.2) is 0 Å². The van der Waals surface area contributed by atoms with Gasteiger partial charge in [-0.25, -0.2) is 4.39 Å². The molecule has 0 amide bonds. The van der Waals surface area contributed by atoms with Crippen molar-refractivity contribution in [1.29, 1.82) is 0 Å². The van der Waals surface area contributed by atoms with Gasteiger partial charge >= 0.3 is 0 Å². The van der Waals surface area contributed by atoms with Gasteiger partial charge in [-0.15, -0.1) is 0 Å². The lowest BCUT2D eigenvalue weighted by Gasteiger charge is -2.08. The van der Waals surface area contributed by atoms with Crippen LogP contribution >= 0.6 is 11.6 Å². The summed E-state index contributed by atoms with van der Waals surface area (Å²) in [4.78, 5) is 0. The van der Waals surface area contributed by atoms with Crippen LogP contribution in [0.15, 0.2) is 36.4 Å². The van der Waals surface area contributed by atoms with E-state index in [9.17, 15) is 4.39 Å². The molecule has 3 heteroatoms. The summed E-state index contributed by atoms with van der Waals surface area (Å²) in [6, 6.07) is 10.4. The number of rotatable bonds is 2. The molecule has 2 aromatic carbocycles. The molecule has 0 saturated heterocycles. The molecule has 0 atom stereocenters. The molecule has 0 fully saturated rings. The van der Waals surface area contributed by atoms with Crippen molar-refractivity contribution in [2.45, 2.75) is 13.5 Å². The van der Waals surface area contributed by atoms with Gasteiger partial charge in [-0.1, -0.05) is 29.8 Å². The number of nitrogens with two attached hydrogens (primary N) is 1. The van der Waals surface area contributed by atoms with E-state index in [-0.39, 0.29) is 5.82 Å². The summed E-state index contributed by atoms with van der Waals surface area (Å²) in [5, 5.41) is 0.405. The fourth-order valence-corrected chi connectivity index (χ4v) is 2.11. The average Bonchev–Trinajstić information content (AvgIpc) is 2.27. The lowest BCUT2D eigenvalue weighted by molar-refractivity contribution is 0.628. The van der Waals surface area contributed by atoms with E-state index >= 15 is 0 Å². The number of hydrogen-bond acceptors (Lipinski definition) is 1. The third kappa shape index (κ3) is 2.65. The molecule has 0 radical (unpaired) electrons. The number of hydrogen-bond donors (Lipinski definition) is 1. The van der Waals surface area contributed by atoms with Crippen molar-refractivity contribution in [1.82, 2.24) is 0 Å². The molecule has 17 heavy (non-hydrogen) atoms. The summed E-state index contributed by atoms with van der Waals surface area (Å²) in [5.74, 6) is -0.324. The summed E-state index contributed by atoms with van der Waals surface area (Å²) < 4.78 is 13.3. The van der Waals surface area contributed by atoms with Gasteiger partial charge in [0.15, 0.2) is 0 Å². The molecule has 1 nitrogen and oxygen atoms in total. The standard InChI is InChI=1S/C14H13ClFN/c1-9-4-10(8-17)2-3-14(9)11-5-12(15)7-13(16)6-11/h2-7H,8,17H2,1H3. The Bertz CT molecular complexity index is 532.